The third-order valence-electron chi connectivity index (χ3n) is 6.91. The SMILES string of the molecule is Cc1ccc([C@H]2c3cccn3-c3sc4c(c3CN2C(=O)Nc2cccc(Cl)c2)CCCC4)cc1. The molecular formula is C28H26ClN3OS. The van der Waals surface area contributed by atoms with Crippen molar-refractivity contribution in [1.82, 2.24) is 9.47 Å². The molecule has 0 spiro atoms. The molecule has 0 saturated carbocycles. The van der Waals surface area contributed by atoms with Crippen LogP contribution in [0.4, 0.5) is 10.5 Å². The van der Waals surface area contributed by atoms with Crippen LogP contribution in [0.25, 0.3) is 5.00 Å². The Morgan fingerprint density at radius 2 is 1.85 bits per heavy atom. The Bertz CT molecular complexity index is 1370. The molecule has 6 rings (SSSR count). The summed E-state index contributed by atoms with van der Waals surface area (Å²) in [7, 11) is 0. The first-order valence-corrected chi connectivity index (χ1v) is 13.0. The van der Waals surface area contributed by atoms with Crippen molar-refractivity contribution in [2.24, 2.45) is 0 Å². The summed E-state index contributed by atoms with van der Waals surface area (Å²) in [5, 5.41) is 4.98. The van der Waals surface area contributed by atoms with E-state index in [1.165, 1.54) is 39.4 Å². The topological polar surface area (TPSA) is 37.3 Å². The predicted molar refractivity (Wildman–Crippen MR) is 139 cm³/mol. The number of fused-ring (bicyclic) bond motifs is 5. The van der Waals surface area contributed by atoms with Crippen LogP contribution >= 0.6 is 22.9 Å². The zero-order valence-electron chi connectivity index (χ0n) is 19.1. The van der Waals surface area contributed by atoms with E-state index in [2.05, 4.69) is 59.4 Å². The Balaban J connectivity index is 1.50. The van der Waals surface area contributed by atoms with Gasteiger partial charge in [0.05, 0.1) is 18.3 Å². The summed E-state index contributed by atoms with van der Waals surface area (Å²) in [5.74, 6) is 0. The van der Waals surface area contributed by atoms with Gasteiger partial charge in [0.25, 0.3) is 0 Å². The number of urea groups is 1. The van der Waals surface area contributed by atoms with Gasteiger partial charge in [0.1, 0.15) is 5.00 Å². The van der Waals surface area contributed by atoms with Crippen molar-refractivity contribution < 1.29 is 4.79 Å². The van der Waals surface area contributed by atoms with Crippen molar-refractivity contribution in [1.29, 1.82) is 0 Å². The lowest BCUT2D eigenvalue weighted by atomic mass is 9.95. The third kappa shape index (κ3) is 3.73. The van der Waals surface area contributed by atoms with Crippen LogP contribution < -0.4 is 5.32 Å². The summed E-state index contributed by atoms with van der Waals surface area (Å²) < 4.78 is 2.31. The number of carbonyl (C=O) groups excluding carboxylic acids is 1. The average Bonchev–Trinajstić information content (AvgIpc) is 3.42. The molecular weight excluding hydrogens is 462 g/mol. The summed E-state index contributed by atoms with van der Waals surface area (Å²) in [6, 6.07) is 19.8. The normalized spacial score (nSPS) is 16.9. The molecule has 1 aliphatic heterocycles. The molecule has 6 heteroatoms. The van der Waals surface area contributed by atoms with Gasteiger partial charge < -0.3 is 14.8 Å². The van der Waals surface area contributed by atoms with Gasteiger partial charge in [-0.05, 0) is 74.1 Å². The molecule has 2 aromatic carbocycles. The lowest BCUT2D eigenvalue weighted by Crippen LogP contribution is -2.38. The van der Waals surface area contributed by atoms with Crippen molar-refractivity contribution >= 4 is 34.7 Å². The lowest BCUT2D eigenvalue weighted by Gasteiger charge is -2.31. The first kappa shape index (κ1) is 21.5. The van der Waals surface area contributed by atoms with Gasteiger partial charge >= 0.3 is 6.03 Å². The first-order chi connectivity index (χ1) is 16.6. The second-order valence-corrected chi connectivity index (χ2v) is 10.7. The number of anilines is 1. The smallest absolute Gasteiger partial charge is 0.310 e. The van der Waals surface area contributed by atoms with E-state index >= 15 is 0 Å². The van der Waals surface area contributed by atoms with E-state index in [-0.39, 0.29) is 12.1 Å². The van der Waals surface area contributed by atoms with Crippen LogP contribution in [0.15, 0.2) is 66.9 Å². The summed E-state index contributed by atoms with van der Waals surface area (Å²) >= 11 is 8.10. The van der Waals surface area contributed by atoms with Gasteiger partial charge in [-0.25, -0.2) is 4.79 Å². The number of thiophene rings is 1. The molecule has 1 atom stereocenters. The highest BCUT2D eigenvalue weighted by atomic mass is 35.5. The zero-order valence-corrected chi connectivity index (χ0v) is 20.6. The molecule has 3 heterocycles. The molecule has 2 amide bonds. The molecule has 1 N–H and O–H groups in total. The number of carbonyl (C=O) groups is 1. The minimum absolute atomic E-state index is 0.121. The van der Waals surface area contributed by atoms with Gasteiger partial charge in [-0.1, -0.05) is 47.5 Å². The minimum atomic E-state index is -0.200. The molecule has 0 unspecified atom stereocenters. The highest BCUT2D eigenvalue weighted by molar-refractivity contribution is 7.15. The van der Waals surface area contributed by atoms with Crippen LogP contribution in [0.3, 0.4) is 0 Å². The number of nitrogens with one attached hydrogen (secondary N) is 1. The Morgan fingerprint density at radius 3 is 2.68 bits per heavy atom. The van der Waals surface area contributed by atoms with Crippen molar-refractivity contribution in [2.45, 2.75) is 45.2 Å². The third-order valence-corrected chi connectivity index (χ3v) is 8.48. The number of hydrogen-bond donors (Lipinski definition) is 1. The largest absolute Gasteiger partial charge is 0.322 e. The lowest BCUT2D eigenvalue weighted by molar-refractivity contribution is 0.194. The van der Waals surface area contributed by atoms with Crippen LogP contribution in [-0.4, -0.2) is 15.5 Å². The maximum Gasteiger partial charge on any atom is 0.322 e. The summed E-state index contributed by atoms with van der Waals surface area (Å²) in [6.45, 7) is 2.67. The zero-order chi connectivity index (χ0) is 23.2. The fourth-order valence-electron chi connectivity index (χ4n) is 5.25. The highest BCUT2D eigenvalue weighted by Crippen LogP contribution is 2.44. The number of rotatable bonds is 2. The van der Waals surface area contributed by atoms with Crippen LogP contribution in [0, 0.1) is 6.92 Å². The molecule has 0 fully saturated rings. The van der Waals surface area contributed by atoms with E-state index in [1.807, 2.05) is 34.4 Å². The van der Waals surface area contributed by atoms with E-state index in [4.69, 9.17) is 11.6 Å². The van der Waals surface area contributed by atoms with Crippen LogP contribution in [0.1, 0.15) is 51.7 Å². The van der Waals surface area contributed by atoms with Gasteiger partial charge in [0.2, 0.25) is 0 Å². The summed E-state index contributed by atoms with van der Waals surface area (Å²) in [6.07, 6.45) is 6.84. The van der Waals surface area contributed by atoms with Crippen LogP contribution in [-0.2, 0) is 19.4 Å². The molecule has 172 valence electrons. The van der Waals surface area contributed by atoms with Gasteiger partial charge in [-0.3, -0.25) is 0 Å². The van der Waals surface area contributed by atoms with E-state index in [0.717, 1.165) is 24.1 Å². The highest BCUT2D eigenvalue weighted by Gasteiger charge is 2.36. The standard InChI is InChI=1S/C28H26ClN3OS/c1-18-11-13-19(14-12-18)26-24-9-5-15-31(24)27-23(22-8-2-3-10-25(22)34-27)17-32(26)28(33)30-21-7-4-6-20(29)16-21/h4-7,9,11-16,26H,2-3,8,10,17H2,1H3,(H,30,33)/t26-/m0/s1. The minimum Gasteiger partial charge on any atom is -0.310 e. The van der Waals surface area contributed by atoms with Crippen molar-refractivity contribution in [2.75, 3.05) is 5.32 Å². The number of nitrogens with zero attached hydrogens (tertiary/aromatic N) is 2. The number of aromatic nitrogens is 1. The fraction of sp³-hybridized carbons (Fsp3) is 0.250. The Labute approximate surface area is 208 Å². The van der Waals surface area contributed by atoms with Crippen molar-refractivity contribution in [3.05, 3.63) is 105 Å². The predicted octanol–water partition coefficient (Wildman–Crippen LogP) is 7.52. The number of aryl methyl sites for hydroxylation is 2. The Morgan fingerprint density at radius 1 is 1.03 bits per heavy atom. The molecule has 1 aliphatic carbocycles. The summed E-state index contributed by atoms with van der Waals surface area (Å²) in [4.78, 5) is 17.4. The van der Waals surface area contributed by atoms with Gasteiger partial charge in [-0.2, -0.15) is 0 Å². The number of halogens is 1. The fourth-order valence-corrected chi connectivity index (χ4v) is 6.84. The van der Waals surface area contributed by atoms with Crippen molar-refractivity contribution in [3.8, 4) is 5.00 Å². The van der Waals surface area contributed by atoms with Gasteiger partial charge in [-0.15, -0.1) is 11.3 Å². The molecule has 2 aromatic heterocycles. The van der Waals surface area contributed by atoms with Crippen LogP contribution in [0.2, 0.25) is 5.02 Å². The van der Waals surface area contributed by atoms with E-state index in [0.29, 0.717) is 17.3 Å². The van der Waals surface area contributed by atoms with E-state index < -0.39 is 0 Å². The van der Waals surface area contributed by atoms with E-state index in [1.54, 1.807) is 6.07 Å². The molecule has 0 radical (unpaired) electrons. The molecule has 0 bridgehead atoms. The number of benzene rings is 2. The number of amides is 2. The molecule has 0 saturated heterocycles. The second kappa shape index (κ2) is 8.64. The monoisotopic (exact) mass is 487 g/mol. The van der Waals surface area contributed by atoms with Crippen LogP contribution in [0.5, 0.6) is 0 Å². The molecule has 2 aliphatic rings. The molecule has 4 aromatic rings. The van der Waals surface area contributed by atoms with Gasteiger partial charge in [0, 0.05) is 27.3 Å². The maximum atomic E-state index is 13.9. The average molecular weight is 488 g/mol. The maximum absolute atomic E-state index is 13.9. The first-order valence-electron chi connectivity index (χ1n) is 11.8. The van der Waals surface area contributed by atoms with Crippen molar-refractivity contribution in [3.63, 3.8) is 0 Å². The quantitative estimate of drug-likeness (QED) is 0.312. The van der Waals surface area contributed by atoms with Gasteiger partial charge in [0.15, 0.2) is 0 Å². The van der Waals surface area contributed by atoms with E-state index in [9.17, 15) is 4.79 Å². The Kier molecular flexibility index (Phi) is 5.47. The summed E-state index contributed by atoms with van der Waals surface area (Å²) in [5.41, 5.74) is 6.88. The number of hydrogen-bond acceptors (Lipinski definition) is 2. The Hall–Kier alpha value is -3.02. The molecule has 34 heavy (non-hydrogen) atoms. The second-order valence-electron chi connectivity index (χ2n) is 9.18. The molecule has 4 nitrogen and oxygen atoms in total.